The molecule has 2 aromatic carbocycles. The molecule has 0 unspecified atom stereocenters. The van der Waals surface area contributed by atoms with E-state index in [1.54, 1.807) is 31.2 Å². The molecule has 0 heterocycles. The number of carbonyl (C=O) groups is 3. The Morgan fingerprint density at radius 1 is 0.967 bits per heavy atom. The van der Waals surface area contributed by atoms with E-state index in [4.69, 9.17) is 9.47 Å². The minimum Gasteiger partial charge on any atom is -0.482 e. The van der Waals surface area contributed by atoms with Gasteiger partial charge in [0.25, 0.3) is 5.91 Å². The van der Waals surface area contributed by atoms with Crippen molar-refractivity contribution in [2.75, 3.05) is 25.6 Å². The first-order valence-corrected chi connectivity index (χ1v) is 9.48. The van der Waals surface area contributed by atoms with Crippen LogP contribution in [0.4, 0.5) is 5.69 Å². The monoisotopic (exact) mass is 413 g/mol. The Labute approximate surface area is 176 Å². The van der Waals surface area contributed by atoms with Crippen LogP contribution in [0.3, 0.4) is 0 Å². The molecular weight excluding hydrogens is 386 g/mol. The Hall–Kier alpha value is -3.35. The molecule has 7 nitrogen and oxygen atoms in total. The van der Waals surface area contributed by atoms with Crippen LogP contribution in [0.1, 0.15) is 42.3 Å². The molecule has 2 aromatic rings. The zero-order chi connectivity index (χ0) is 22.3. The molecule has 0 radical (unpaired) electrons. The molecule has 0 saturated heterocycles. The number of methoxy groups -OCH3 is 1. The molecular formula is C23H27NO6. The van der Waals surface area contributed by atoms with Gasteiger partial charge in [0, 0.05) is 5.69 Å². The number of hydrogen-bond donors (Lipinski definition) is 1. The van der Waals surface area contributed by atoms with Gasteiger partial charge in [-0.05, 0) is 47.7 Å². The molecule has 0 fully saturated rings. The Morgan fingerprint density at radius 2 is 1.63 bits per heavy atom. The first-order chi connectivity index (χ1) is 14.1. The molecule has 0 spiro atoms. The smallest absolute Gasteiger partial charge is 0.344 e. The van der Waals surface area contributed by atoms with E-state index in [2.05, 4.69) is 30.8 Å². The number of nitrogens with one attached hydrogen (secondary N) is 1. The van der Waals surface area contributed by atoms with Crippen LogP contribution in [0, 0.1) is 6.92 Å². The summed E-state index contributed by atoms with van der Waals surface area (Å²) in [6, 6.07) is 12.3. The van der Waals surface area contributed by atoms with Crippen LogP contribution in [0.25, 0.3) is 0 Å². The second-order valence-corrected chi connectivity index (χ2v) is 7.79. The highest BCUT2D eigenvalue weighted by molar-refractivity contribution is 5.96. The van der Waals surface area contributed by atoms with Gasteiger partial charge in [-0.3, -0.25) is 4.79 Å². The zero-order valence-corrected chi connectivity index (χ0v) is 17.9. The summed E-state index contributed by atoms with van der Waals surface area (Å²) in [7, 11) is 1.28. The maximum Gasteiger partial charge on any atom is 0.344 e. The number of hydrogen-bond acceptors (Lipinski definition) is 6. The fraction of sp³-hybridized carbons (Fsp3) is 0.348. The van der Waals surface area contributed by atoms with Crippen molar-refractivity contribution in [3.05, 3.63) is 59.2 Å². The molecule has 30 heavy (non-hydrogen) atoms. The first-order valence-electron chi connectivity index (χ1n) is 9.48. The third-order valence-electron chi connectivity index (χ3n) is 4.37. The maximum absolute atomic E-state index is 12.1. The van der Waals surface area contributed by atoms with Crippen molar-refractivity contribution in [2.45, 2.75) is 33.1 Å². The van der Waals surface area contributed by atoms with Crippen molar-refractivity contribution in [2.24, 2.45) is 0 Å². The van der Waals surface area contributed by atoms with Gasteiger partial charge in [0.15, 0.2) is 13.2 Å². The van der Waals surface area contributed by atoms with Gasteiger partial charge in [0.2, 0.25) is 0 Å². The van der Waals surface area contributed by atoms with Gasteiger partial charge in [-0.2, -0.15) is 0 Å². The first kappa shape index (κ1) is 22.9. The van der Waals surface area contributed by atoms with Crippen LogP contribution in [0.2, 0.25) is 0 Å². The molecule has 0 saturated carbocycles. The van der Waals surface area contributed by atoms with Crippen molar-refractivity contribution in [3.8, 4) is 5.75 Å². The predicted octanol–water partition coefficient (Wildman–Crippen LogP) is 3.64. The van der Waals surface area contributed by atoms with Crippen molar-refractivity contribution in [3.63, 3.8) is 0 Å². The molecule has 160 valence electrons. The van der Waals surface area contributed by atoms with Crippen LogP contribution in [-0.4, -0.2) is 38.2 Å². The summed E-state index contributed by atoms with van der Waals surface area (Å²) in [5.41, 5.74) is 2.68. The lowest BCUT2D eigenvalue weighted by Crippen LogP contribution is -2.24. The largest absolute Gasteiger partial charge is 0.482 e. The molecule has 0 bridgehead atoms. The van der Waals surface area contributed by atoms with Crippen molar-refractivity contribution < 1.29 is 28.6 Å². The number of esters is 2. The lowest BCUT2D eigenvalue weighted by molar-refractivity contribution is -0.149. The predicted molar refractivity (Wildman–Crippen MR) is 113 cm³/mol. The maximum atomic E-state index is 12.1. The van der Waals surface area contributed by atoms with Gasteiger partial charge in [-0.1, -0.05) is 39.0 Å². The Morgan fingerprint density at radius 3 is 2.23 bits per heavy atom. The van der Waals surface area contributed by atoms with E-state index in [9.17, 15) is 14.4 Å². The summed E-state index contributed by atoms with van der Waals surface area (Å²) in [5.74, 6) is -1.16. The molecule has 0 aliphatic carbocycles. The van der Waals surface area contributed by atoms with E-state index in [-0.39, 0.29) is 12.0 Å². The fourth-order valence-corrected chi connectivity index (χ4v) is 2.57. The fourth-order valence-electron chi connectivity index (χ4n) is 2.57. The van der Waals surface area contributed by atoms with E-state index in [0.717, 1.165) is 11.1 Å². The lowest BCUT2D eigenvalue weighted by atomic mass is 9.87. The van der Waals surface area contributed by atoms with E-state index >= 15 is 0 Å². The second-order valence-electron chi connectivity index (χ2n) is 7.79. The minimum atomic E-state index is -0.662. The topological polar surface area (TPSA) is 90.9 Å². The van der Waals surface area contributed by atoms with Gasteiger partial charge >= 0.3 is 11.9 Å². The van der Waals surface area contributed by atoms with Gasteiger partial charge in [-0.25, -0.2) is 9.59 Å². The highest BCUT2D eigenvalue weighted by atomic mass is 16.6. The average molecular weight is 413 g/mol. The van der Waals surface area contributed by atoms with Crippen molar-refractivity contribution >= 4 is 23.5 Å². The van der Waals surface area contributed by atoms with Crippen LogP contribution in [0.15, 0.2) is 42.5 Å². The number of ether oxygens (including phenoxy) is 3. The summed E-state index contributed by atoms with van der Waals surface area (Å²) >= 11 is 0. The van der Waals surface area contributed by atoms with Gasteiger partial charge in [0.05, 0.1) is 12.7 Å². The van der Waals surface area contributed by atoms with E-state index < -0.39 is 24.5 Å². The third kappa shape index (κ3) is 6.62. The second kappa shape index (κ2) is 9.91. The quantitative estimate of drug-likeness (QED) is 0.697. The molecule has 7 heteroatoms. The summed E-state index contributed by atoms with van der Waals surface area (Å²) < 4.78 is 15.0. The third-order valence-corrected chi connectivity index (χ3v) is 4.37. The average Bonchev–Trinajstić information content (AvgIpc) is 2.71. The van der Waals surface area contributed by atoms with Crippen molar-refractivity contribution in [1.29, 1.82) is 0 Å². The number of benzene rings is 2. The summed E-state index contributed by atoms with van der Waals surface area (Å²) in [5, 5.41) is 2.61. The van der Waals surface area contributed by atoms with E-state index in [1.165, 1.54) is 13.2 Å². The highest BCUT2D eigenvalue weighted by Gasteiger charge is 2.14. The zero-order valence-electron chi connectivity index (χ0n) is 17.9. The van der Waals surface area contributed by atoms with Crippen LogP contribution in [0.5, 0.6) is 5.75 Å². The summed E-state index contributed by atoms with van der Waals surface area (Å²) in [6.07, 6.45) is 0. The summed E-state index contributed by atoms with van der Waals surface area (Å²) in [6.45, 7) is 7.34. The Kier molecular flexibility index (Phi) is 7.58. The molecule has 0 aliphatic rings. The van der Waals surface area contributed by atoms with Crippen molar-refractivity contribution in [1.82, 2.24) is 0 Å². The molecule has 1 N–H and O–H groups in total. The molecule has 0 aromatic heterocycles. The van der Waals surface area contributed by atoms with E-state index in [1.807, 2.05) is 12.1 Å². The number of rotatable bonds is 7. The molecule has 0 atom stereocenters. The Bertz CT molecular complexity index is 912. The summed E-state index contributed by atoms with van der Waals surface area (Å²) in [4.78, 5) is 35.6. The molecule has 0 aliphatic heterocycles. The minimum absolute atomic E-state index is 0.0273. The lowest BCUT2D eigenvalue weighted by Gasteiger charge is -2.19. The number of aryl methyl sites for hydroxylation is 1. The van der Waals surface area contributed by atoms with Crippen LogP contribution < -0.4 is 10.1 Å². The standard InChI is InChI=1S/C23H27NO6/c1-15-6-7-16(22(27)28-5)12-19(15)24-20(25)13-30-21(26)14-29-18-10-8-17(9-11-18)23(2,3)4/h6-12H,13-14H2,1-5H3,(H,24,25). The van der Waals surface area contributed by atoms with Gasteiger partial charge in [-0.15, -0.1) is 0 Å². The van der Waals surface area contributed by atoms with Gasteiger partial charge < -0.3 is 19.5 Å². The highest BCUT2D eigenvalue weighted by Crippen LogP contribution is 2.24. The normalized spacial score (nSPS) is 10.8. The number of amides is 1. The SMILES string of the molecule is COC(=O)c1ccc(C)c(NC(=O)COC(=O)COc2ccc(C(C)(C)C)cc2)c1. The molecule has 2 rings (SSSR count). The Balaban J connectivity index is 1.82. The number of carbonyl (C=O) groups excluding carboxylic acids is 3. The molecule has 1 amide bonds. The van der Waals surface area contributed by atoms with E-state index in [0.29, 0.717) is 17.0 Å². The van der Waals surface area contributed by atoms with Gasteiger partial charge in [0.1, 0.15) is 5.75 Å². The number of anilines is 1. The van der Waals surface area contributed by atoms with Crippen LogP contribution >= 0.6 is 0 Å². The van der Waals surface area contributed by atoms with Crippen LogP contribution in [-0.2, 0) is 24.5 Å².